The van der Waals surface area contributed by atoms with E-state index in [1.807, 2.05) is 24.4 Å². The monoisotopic (exact) mass is 304 g/mol. The Morgan fingerprint density at radius 3 is 2.96 bits per heavy atom. The quantitative estimate of drug-likeness (QED) is 0.603. The average Bonchev–Trinajstić information content (AvgIpc) is 3.07. The van der Waals surface area contributed by atoms with Crippen molar-refractivity contribution in [2.45, 2.75) is 6.54 Å². The molecule has 5 nitrogen and oxygen atoms in total. The van der Waals surface area contributed by atoms with Crippen LogP contribution in [0.3, 0.4) is 0 Å². The number of hydrogen-bond acceptors (Lipinski definition) is 4. The fourth-order valence-electron chi connectivity index (χ4n) is 2.60. The molecule has 0 aliphatic carbocycles. The molecule has 2 N–H and O–H groups in total. The van der Waals surface area contributed by atoms with Crippen LogP contribution in [0.4, 0.5) is 5.82 Å². The number of nitrogens with zero attached hydrogens (tertiary/aromatic N) is 2. The zero-order valence-electron chi connectivity index (χ0n) is 12.7. The third-order valence-corrected chi connectivity index (χ3v) is 3.84. The number of nitrogens with one attached hydrogen (secondary N) is 2. The number of benzene rings is 2. The van der Waals surface area contributed by atoms with Crippen LogP contribution >= 0.6 is 0 Å². The van der Waals surface area contributed by atoms with Crippen LogP contribution in [0.1, 0.15) is 5.56 Å². The van der Waals surface area contributed by atoms with Gasteiger partial charge in [-0.2, -0.15) is 0 Å². The Morgan fingerprint density at radius 2 is 2.04 bits per heavy atom. The molecular weight excluding hydrogens is 288 g/mol. The van der Waals surface area contributed by atoms with Gasteiger partial charge in [-0.3, -0.25) is 4.98 Å². The fourth-order valence-corrected chi connectivity index (χ4v) is 2.60. The number of aromatic amines is 1. The largest absolute Gasteiger partial charge is 0.497 e. The van der Waals surface area contributed by atoms with Gasteiger partial charge < -0.3 is 15.0 Å². The summed E-state index contributed by atoms with van der Waals surface area (Å²) in [7, 11) is 1.65. The maximum Gasteiger partial charge on any atom is 0.145 e. The zero-order chi connectivity index (χ0) is 15.6. The maximum absolute atomic E-state index is 5.23. The van der Waals surface area contributed by atoms with Crippen LogP contribution in [0.25, 0.3) is 21.9 Å². The standard InChI is InChI=1S/C18H16N4O/c1-23-14-4-5-15-17(9-14)22-18(11-20-15)21-10-12-2-3-13-6-7-19-16(13)8-12/h2-9,11,19H,10H2,1H3,(H,21,22). The summed E-state index contributed by atoms with van der Waals surface area (Å²) < 4.78 is 5.23. The molecule has 2 aromatic heterocycles. The average molecular weight is 304 g/mol. The molecule has 2 heterocycles. The fraction of sp³-hybridized carbons (Fsp3) is 0.111. The van der Waals surface area contributed by atoms with Gasteiger partial charge in [-0.15, -0.1) is 0 Å². The Labute approximate surface area is 133 Å². The Balaban J connectivity index is 1.56. The molecule has 0 atom stereocenters. The van der Waals surface area contributed by atoms with Crippen molar-refractivity contribution < 1.29 is 4.74 Å². The number of rotatable bonds is 4. The molecule has 0 saturated heterocycles. The van der Waals surface area contributed by atoms with Gasteiger partial charge in [0.15, 0.2) is 0 Å². The summed E-state index contributed by atoms with van der Waals surface area (Å²) in [6.45, 7) is 0.694. The summed E-state index contributed by atoms with van der Waals surface area (Å²) >= 11 is 0. The molecule has 0 bridgehead atoms. The highest BCUT2D eigenvalue weighted by Gasteiger charge is 2.03. The predicted octanol–water partition coefficient (Wildman–Crippen LogP) is 3.73. The SMILES string of the molecule is COc1ccc2ncc(NCc3ccc4cc[nH]c4c3)nc2c1. The summed E-state index contributed by atoms with van der Waals surface area (Å²) in [5, 5.41) is 4.53. The minimum Gasteiger partial charge on any atom is -0.497 e. The molecule has 4 aromatic rings. The van der Waals surface area contributed by atoms with Crippen molar-refractivity contribution >= 4 is 27.8 Å². The molecule has 4 rings (SSSR count). The molecule has 0 aliphatic rings. The van der Waals surface area contributed by atoms with Gasteiger partial charge in [-0.25, -0.2) is 4.98 Å². The first kappa shape index (κ1) is 13.6. The van der Waals surface area contributed by atoms with Gasteiger partial charge in [0.25, 0.3) is 0 Å². The van der Waals surface area contributed by atoms with Crippen LogP contribution < -0.4 is 10.1 Å². The summed E-state index contributed by atoms with van der Waals surface area (Å²) in [5.41, 5.74) is 3.99. The zero-order valence-corrected chi connectivity index (χ0v) is 12.7. The molecule has 0 fully saturated rings. The lowest BCUT2D eigenvalue weighted by atomic mass is 10.1. The summed E-state index contributed by atoms with van der Waals surface area (Å²) in [5.74, 6) is 1.53. The normalized spacial score (nSPS) is 11.0. The Kier molecular flexibility index (Phi) is 3.31. The van der Waals surface area contributed by atoms with E-state index in [0.29, 0.717) is 6.54 Å². The van der Waals surface area contributed by atoms with Gasteiger partial charge in [-0.05, 0) is 35.2 Å². The Hall–Kier alpha value is -3.08. The Bertz CT molecular complexity index is 977. The second kappa shape index (κ2) is 5.61. The Morgan fingerprint density at radius 1 is 1.09 bits per heavy atom. The summed E-state index contributed by atoms with van der Waals surface area (Å²) in [6, 6.07) is 14.1. The molecule has 0 amide bonds. The lowest BCUT2D eigenvalue weighted by molar-refractivity contribution is 0.415. The van der Waals surface area contributed by atoms with Crippen LogP contribution in [-0.2, 0) is 6.54 Å². The molecule has 0 aliphatic heterocycles. The first-order chi connectivity index (χ1) is 11.3. The first-order valence-corrected chi connectivity index (χ1v) is 7.42. The van der Waals surface area contributed by atoms with E-state index in [4.69, 9.17) is 4.74 Å². The molecule has 0 unspecified atom stereocenters. The van der Waals surface area contributed by atoms with E-state index in [0.717, 1.165) is 28.1 Å². The minimum atomic E-state index is 0.694. The minimum absolute atomic E-state index is 0.694. The van der Waals surface area contributed by atoms with Crippen molar-refractivity contribution in [2.75, 3.05) is 12.4 Å². The van der Waals surface area contributed by atoms with Crippen molar-refractivity contribution in [3.8, 4) is 5.75 Å². The van der Waals surface area contributed by atoms with Crippen molar-refractivity contribution in [2.24, 2.45) is 0 Å². The topological polar surface area (TPSA) is 62.8 Å². The van der Waals surface area contributed by atoms with Crippen LogP contribution in [-0.4, -0.2) is 22.1 Å². The molecular formula is C18H16N4O. The van der Waals surface area contributed by atoms with Crippen LogP contribution in [0.2, 0.25) is 0 Å². The van der Waals surface area contributed by atoms with E-state index < -0.39 is 0 Å². The van der Waals surface area contributed by atoms with E-state index in [-0.39, 0.29) is 0 Å². The molecule has 0 radical (unpaired) electrons. The highest BCUT2D eigenvalue weighted by molar-refractivity contribution is 5.80. The second-order valence-corrected chi connectivity index (χ2v) is 5.36. The lowest BCUT2D eigenvalue weighted by Crippen LogP contribution is -2.02. The molecule has 114 valence electrons. The van der Waals surface area contributed by atoms with E-state index in [1.54, 1.807) is 13.3 Å². The van der Waals surface area contributed by atoms with Crippen molar-refractivity contribution in [1.29, 1.82) is 0 Å². The van der Waals surface area contributed by atoms with Gasteiger partial charge in [0.1, 0.15) is 11.6 Å². The molecule has 0 saturated carbocycles. The van der Waals surface area contributed by atoms with Crippen LogP contribution in [0.5, 0.6) is 5.75 Å². The second-order valence-electron chi connectivity index (χ2n) is 5.36. The molecule has 0 spiro atoms. The predicted molar refractivity (Wildman–Crippen MR) is 91.7 cm³/mol. The van der Waals surface area contributed by atoms with Gasteiger partial charge >= 0.3 is 0 Å². The third-order valence-electron chi connectivity index (χ3n) is 3.84. The number of ether oxygens (including phenoxy) is 1. The number of anilines is 1. The lowest BCUT2D eigenvalue weighted by Gasteiger charge is -2.07. The molecule has 2 aromatic carbocycles. The maximum atomic E-state index is 5.23. The highest BCUT2D eigenvalue weighted by atomic mass is 16.5. The number of fused-ring (bicyclic) bond motifs is 2. The van der Waals surface area contributed by atoms with E-state index in [9.17, 15) is 0 Å². The van der Waals surface area contributed by atoms with E-state index in [1.165, 1.54) is 10.9 Å². The van der Waals surface area contributed by atoms with Gasteiger partial charge in [0.05, 0.1) is 24.3 Å². The number of methoxy groups -OCH3 is 1. The van der Waals surface area contributed by atoms with Gasteiger partial charge in [-0.1, -0.05) is 12.1 Å². The number of aromatic nitrogens is 3. The van der Waals surface area contributed by atoms with Crippen LogP contribution in [0, 0.1) is 0 Å². The third kappa shape index (κ3) is 2.68. The van der Waals surface area contributed by atoms with Gasteiger partial charge in [0.2, 0.25) is 0 Å². The van der Waals surface area contributed by atoms with E-state index >= 15 is 0 Å². The summed E-state index contributed by atoms with van der Waals surface area (Å²) in [6.07, 6.45) is 3.70. The number of hydrogen-bond donors (Lipinski definition) is 2. The molecule has 23 heavy (non-hydrogen) atoms. The van der Waals surface area contributed by atoms with Crippen molar-refractivity contribution in [1.82, 2.24) is 15.0 Å². The van der Waals surface area contributed by atoms with E-state index in [2.05, 4.69) is 44.5 Å². The first-order valence-electron chi connectivity index (χ1n) is 7.42. The van der Waals surface area contributed by atoms with Crippen molar-refractivity contribution in [3.63, 3.8) is 0 Å². The number of H-pyrrole nitrogens is 1. The highest BCUT2D eigenvalue weighted by Crippen LogP contribution is 2.19. The van der Waals surface area contributed by atoms with Crippen LogP contribution in [0.15, 0.2) is 54.9 Å². The molecule has 5 heteroatoms. The van der Waals surface area contributed by atoms with Crippen molar-refractivity contribution in [3.05, 3.63) is 60.4 Å². The summed E-state index contributed by atoms with van der Waals surface area (Å²) in [4.78, 5) is 12.2. The smallest absolute Gasteiger partial charge is 0.145 e. The van der Waals surface area contributed by atoms with Gasteiger partial charge in [0, 0.05) is 24.3 Å².